The average molecular weight is 826 g/mol. The first-order chi connectivity index (χ1) is 30.7. The maximum atomic E-state index is 5.07. The molecular formula is C57H35N3S2. The van der Waals surface area contributed by atoms with E-state index in [1.807, 2.05) is 0 Å². The van der Waals surface area contributed by atoms with E-state index in [1.54, 1.807) is 22.7 Å². The standard InChI is InChI=1S/C57H35N3S2/c1-2-14-42(15-3-1)60-51-22-10-6-18-47(51)57(48-19-7-11-23-52(48)60)45-17-5-4-16-43(45)44-35-38(30-31-46(44)57)36-26-28-37(29-27-36)39-32-40(55-58-49-20-8-12-24-53(49)61-55)34-41(33-39)56-59-50-21-9-13-25-54(50)62-56/h1-35H. The molecule has 11 aromatic rings. The Morgan fingerprint density at radius 3 is 1.42 bits per heavy atom. The van der Waals surface area contributed by atoms with Gasteiger partial charge in [-0.05, 0) is 128 Å². The van der Waals surface area contributed by atoms with Crippen molar-refractivity contribution in [3.05, 3.63) is 235 Å². The molecule has 1 spiro atoms. The Balaban J connectivity index is 0.930. The summed E-state index contributed by atoms with van der Waals surface area (Å²) in [7, 11) is 0. The Labute approximate surface area is 367 Å². The van der Waals surface area contributed by atoms with E-state index in [0.29, 0.717) is 0 Å². The van der Waals surface area contributed by atoms with E-state index in [9.17, 15) is 0 Å². The molecule has 9 aromatic carbocycles. The van der Waals surface area contributed by atoms with E-state index in [4.69, 9.17) is 9.97 Å². The van der Waals surface area contributed by atoms with E-state index in [2.05, 4.69) is 217 Å². The number of nitrogens with zero attached hydrogens (tertiary/aromatic N) is 3. The van der Waals surface area contributed by atoms with Crippen LogP contribution < -0.4 is 4.90 Å². The number of para-hydroxylation sites is 5. The van der Waals surface area contributed by atoms with Gasteiger partial charge in [-0.1, -0.05) is 140 Å². The van der Waals surface area contributed by atoms with Crippen LogP contribution in [-0.4, -0.2) is 9.97 Å². The summed E-state index contributed by atoms with van der Waals surface area (Å²) < 4.78 is 2.38. The molecule has 5 heteroatoms. The summed E-state index contributed by atoms with van der Waals surface area (Å²) in [6.07, 6.45) is 0. The smallest absolute Gasteiger partial charge is 0.124 e. The Bertz CT molecular complexity index is 3340. The Morgan fingerprint density at radius 2 is 0.806 bits per heavy atom. The van der Waals surface area contributed by atoms with Crippen LogP contribution in [0.1, 0.15) is 22.3 Å². The average Bonchev–Trinajstić information content (AvgIpc) is 4.06. The molecule has 0 bridgehead atoms. The van der Waals surface area contributed by atoms with Crippen molar-refractivity contribution in [3.8, 4) is 54.5 Å². The minimum atomic E-state index is -0.470. The zero-order chi connectivity index (χ0) is 40.8. The minimum absolute atomic E-state index is 0.470. The molecule has 0 N–H and O–H groups in total. The van der Waals surface area contributed by atoms with E-state index >= 15 is 0 Å². The third-order valence-corrected chi connectivity index (χ3v) is 14.9. The van der Waals surface area contributed by atoms with Crippen LogP contribution >= 0.6 is 22.7 Å². The first-order valence-corrected chi connectivity index (χ1v) is 22.6. The Morgan fingerprint density at radius 1 is 0.339 bits per heavy atom. The number of benzene rings is 9. The molecule has 2 aliphatic rings. The van der Waals surface area contributed by atoms with E-state index in [1.165, 1.54) is 65.3 Å². The highest BCUT2D eigenvalue weighted by molar-refractivity contribution is 7.22. The summed E-state index contributed by atoms with van der Waals surface area (Å²) in [4.78, 5) is 12.6. The van der Waals surface area contributed by atoms with Gasteiger partial charge in [-0.15, -0.1) is 22.7 Å². The molecule has 0 fully saturated rings. The molecule has 0 unspecified atom stereocenters. The second-order valence-corrected chi connectivity index (χ2v) is 18.2. The minimum Gasteiger partial charge on any atom is -0.310 e. The van der Waals surface area contributed by atoms with Crippen LogP contribution in [0.2, 0.25) is 0 Å². The van der Waals surface area contributed by atoms with Gasteiger partial charge in [-0.2, -0.15) is 0 Å². The van der Waals surface area contributed by atoms with Gasteiger partial charge in [0.2, 0.25) is 0 Å². The van der Waals surface area contributed by atoms with Crippen LogP contribution in [0.4, 0.5) is 17.1 Å². The maximum Gasteiger partial charge on any atom is 0.124 e. The van der Waals surface area contributed by atoms with Gasteiger partial charge in [0, 0.05) is 16.8 Å². The highest BCUT2D eigenvalue weighted by Crippen LogP contribution is 2.63. The fourth-order valence-electron chi connectivity index (χ4n) is 10.0. The topological polar surface area (TPSA) is 29.0 Å². The van der Waals surface area contributed by atoms with E-state index in [0.717, 1.165) is 49.0 Å². The summed E-state index contributed by atoms with van der Waals surface area (Å²) >= 11 is 3.47. The van der Waals surface area contributed by atoms with Crippen LogP contribution in [0.3, 0.4) is 0 Å². The molecule has 0 atom stereocenters. The first-order valence-electron chi connectivity index (χ1n) is 21.0. The predicted octanol–water partition coefficient (Wildman–Crippen LogP) is 15.7. The van der Waals surface area contributed by atoms with Gasteiger partial charge >= 0.3 is 0 Å². The maximum absolute atomic E-state index is 5.07. The monoisotopic (exact) mass is 825 g/mol. The molecule has 0 amide bonds. The number of thiazole rings is 2. The normalized spacial score (nSPS) is 13.3. The van der Waals surface area contributed by atoms with Gasteiger partial charge in [0.1, 0.15) is 10.0 Å². The van der Waals surface area contributed by atoms with E-state index < -0.39 is 5.41 Å². The largest absolute Gasteiger partial charge is 0.310 e. The van der Waals surface area contributed by atoms with Crippen molar-refractivity contribution in [3.63, 3.8) is 0 Å². The highest BCUT2D eigenvalue weighted by atomic mass is 32.1. The lowest BCUT2D eigenvalue weighted by Gasteiger charge is -2.45. The van der Waals surface area contributed by atoms with Crippen molar-refractivity contribution in [2.24, 2.45) is 0 Å². The molecule has 0 saturated heterocycles. The second-order valence-electron chi connectivity index (χ2n) is 16.1. The first kappa shape index (κ1) is 35.3. The fourth-order valence-corrected chi connectivity index (χ4v) is 11.9. The molecule has 62 heavy (non-hydrogen) atoms. The molecule has 0 saturated carbocycles. The number of rotatable bonds is 5. The van der Waals surface area contributed by atoms with Crippen molar-refractivity contribution < 1.29 is 0 Å². The SMILES string of the molecule is c1ccc(N2c3ccccc3C3(c4ccccc4-c4cc(-c5ccc(-c6cc(-c7nc8ccccc8s7)cc(-c7nc8ccccc8s7)c6)cc5)ccc43)c3ccccc32)cc1. The van der Waals surface area contributed by atoms with Crippen LogP contribution in [0.25, 0.3) is 75.0 Å². The lowest BCUT2D eigenvalue weighted by Crippen LogP contribution is -2.36. The zero-order valence-corrected chi connectivity index (χ0v) is 35.0. The van der Waals surface area contributed by atoms with Gasteiger partial charge in [0.15, 0.2) is 0 Å². The summed E-state index contributed by atoms with van der Waals surface area (Å²) in [5.41, 5.74) is 19.8. The number of fused-ring (bicyclic) bond motifs is 11. The molecule has 3 nitrogen and oxygen atoms in total. The summed E-state index contributed by atoms with van der Waals surface area (Å²) in [6.45, 7) is 0. The second kappa shape index (κ2) is 13.8. The number of hydrogen-bond acceptors (Lipinski definition) is 5. The van der Waals surface area contributed by atoms with Crippen molar-refractivity contribution in [1.29, 1.82) is 0 Å². The highest BCUT2D eigenvalue weighted by Gasteiger charge is 2.51. The quantitative estimate of drug-likeness (QED) is 0.173. The molecule has 3 heterocycles. The third-order valence-electron chi connectivity index (χ3n) is 12.7. The number of anilines is 3. The summed E-state index contributed by atoms with van der Waals surface area (Å²) in [6, 6.07) is 77.6. The predicted molar refractivity (Wildman–Crippen MR) is 260 cm³/mol. The van der Waals surface area contributed by atoms with Gasteiger partial charge in [0.25, 0.3) is 0 Å². The van der Waals surface area contributed by atoms with Crippen LogP contribution in [0.15, 0.2) is 212 Å². The van der Waals surface area contributed by atoms with Gasteiger partial charge in [-0.3, -0.25) is 0 Å². The van der Waals surface area contributed by atoms with Gasteiger partial charge in [-0.25, -0.2) is 9.97 Å². The number of hydrogen-bond donors (Lipinski definition) is 0. The van der Waals surface area contributed by atoms with Crippen molar-refractivity contribution in [1.82, 2.24) is 9.97 Å². The van der Waals surface area contributed by atoms with Crippen molar-refractivity contribution >= 4 is 60.2 Å². The van der Waals surface area contributed by atoms with Gasteiger partial charge < -0.3 is 4.90 Å². The summed E-state index contributed by atoms with van der Waals surface area (Å²) in [5.74, 6) is 0. The zero-order valence-electron chi connectivity index (χ0n) is 33.4. The molecule has 1 aliphatic carbocycles. The third kappa shape index (κ3) is 5.29. The van der Waals surface area contributed by atoms with Crippen LogP contribution in [0, 0.1) is 0 Å². The Kier molecular flexibility index (Phi) is 7.86. The van der Waals surface area contributed by atoms with E-state index in [-0.39, 0.29) is 0 Å². The lowest BCUT2D eigenvalue weighted by molar-refractivity contribution is 0.753. The molecule has 1 aliphatic heterocycles. The van der Waals surface area contributed by atoms with Crippen LogP contribution in [-0.2, 0) is 5.41 Å². The fraction of sp³-hybridized carbons (Fsp3) is 0.0175. The molecule has 290 valence electrons. The molecule has 13 rings (SSSR count). The molecule has 2 aromatic heterocycles. The van der Waals surface area contributed by atoms with Crippen molar-refractivity contribution in [2.75, 3.05) is 4.90 Å². The van der Waals surface area contributed by atoms with Crippen LogP contribution in [0.5, 0.6) is 0 Å². The Hall–Kier alpha value is -7.44. The van der Waals surface area contributed by atoms with Gasteiger partial charge in [0.05, 0.1) is 37.2 Å². The summed E-state index contributed by atoms with van der Waals surface area (Å²) in [5, 5.41) is 2.03. The van der Waals surface area contributed by atoms with Crippen molar-refractivity contribution in [2.45, 2.75) is 5.41 Å². The number of aromatic nitrogens is 2. The molecular weight excluding hydrogens is 791 g/mol. The molecule has 0 radical (unpaired) electrons. The lowest BCUT2D eigenvalue weighted by atomic mass is 9.64.